The molecule has 1 aliphatic rings. The van der Waals surface area contributed by atoms with Crippen LogP contribution in [0.1, 0.15) is 70.3 Å². The molecule has 0 bridgehead atoms. The number of fused-ring (bicyclic) bond motifs is 1. The molecule has 0 saturated heterocycles. The number of unbranched alkanes of at least 4 members (excludes halogenated alkanes) is 8. The lowest BCUT2D eigenvalue weighted by Gasteiger charge is -2.21. The summed E-state index contributed by atoms with van der Waals surface area (Å²) in [5.74, 6) is 0.257. The zero-order valence-electron chi connectivity index (χ0n) is 16.8. The molecule has 0 unspecified atom stereocenters. The van der Waals surface area contributed by atoms with Gasteiger partial charge in [-0.05, 0) is 17.5 Å². The molecule has 0 radical (unpaired) electrons. The van der Waals surface area contributed by atoms with Crippen molar-refractivity contribution in [3.8, 4) is 11.1 Å². The molecule has 3 rings (SSSR count). The zero-order valence-corrected chi connectivity index (χ0v) is 16.8. The highest BCUT2D eigenvalue weighted by molar-refractivity contribution is 6.05. The topological polar surface area (TPSA) is 20.3 Å². The molecule has 0 N–H and O–H groups in total. The van der Waals surface area contributed by atoms with Crippen molar-refractivity contribution in [1.29, 1.82) is 0 Å². The van der Waals surface area contributed by atoms with Crippen LogP contribution in [0.3, 0.4) is 0 Å². The van der Waals surface area contributed by atoms with Crippen molar-refractivity contribution >= 4 is 11.6 Å². The minimum atomic E-state index is 0.257. The Balaban J connectivity index is 1.54. The number of hydrogen-bond acceptors (Lipinski definition) is 1. The maximum Gasteiger partial charge on any atom is 0.231 e. The molecule has 0 spiro atoms. The molecule has 0 fully saturated rings. The van der Waals surface area contributed by atoms with Gasteiger partial charge in [0.15, 0.2) is 0 Å². The molecule has 144 valence electrons. The number of carbonyl (C=O) groups excluding carboxylic acids is 1. The Bertz CT molecular complexity index is 722. The van der Waals surface area contributed by atoms with Crippen molar-refractivity contribution < 1.29 is 4.79 Å². The molecule has 1 aliphatic heterocycles. The summed E-state index contributed by atoms with van der Waals surface area (Å²) in [5.41, 5.74) is 4.71. The predicted octanol–water partition coefficient (Wildman–Crippen LogP) is 6.77. The quantitative estimate of drug-likeness (QED) is 0.403. The van der Waals surface area contributed by atoms with Gasteiger partial charge >= 0.3 is 0 Å². The van der Waals surface area contributed by atoms with Crippen molar-refractivity contribution in [1.82, 2.24) is 0 Å². The molecule has 2 heteroatoms. The van der Waals surface area contributed by atoms with Crippen LogP contribution in [0.25, 0.3) is 11.1 Å². The first-order valence-electron chi connectivity index (χ1n) is 10.8. The molecule has 0 aliphatic carbocycles. The van der Waals surface area contributed by atoms with Gasteiger partial charge in [-0.25, -0.2) is 0 Å². The summed E-state index contributed by atoms with van der Waals surface area (Å²) in [5, 5.41) is 0. The molecule has 0 aromatic heterocycles. The van der Waals surface area contributed by atoms with Gasteiger partial charge in [0.1, 0.15) is 0 Å². The van der Waals surface area contributed by atoms with Crippen LogP contribution in [0.5, 0.6) is 0 Å². The first-order valence-corrected chi connectivity index (χ1v) is 10.8. The average Bonchev–Trinajstić information content (AvgIpc) is 3.02. The fourth-order valence-electron chi connectivity index (χ4n) is 4.10. The van der Waals surface area contributed by atoms with Gasteiger partial charge in [0.05, 0.1) is 12.1 Å². The van der Waals surface area contributed by atoms with Crippen LogP contribution < -0.4 is 4.90 Å². The average molecular weight is 364 g/mol. The molecule has 2 aromatic rings. The number of hydrogen-bond donors (Lipinski definition) is 0. The summed E-state index contributed by atoms with van der Waals surface area (Å²) in [7, 11) is 0. The number of para-hydroxylation sites is 1. The molecule has 0 saturated carbocycles. The Morgan fingerprint density at radius 3 is 2.15 bits per heavy atom. The summed E-state index contributed by atoms with van der Waals surface area (Å²) in [6.07, 6.45) is 12.3. The highest BCUT2D eigenvalue weighted by atomic mass is 16.2. The number of nitrogens with zero attached hydrogens (tertiary/aromatic N) is 1. The standard InChI is InChI=1S/C25H33NO/c1-2-3-4-5-6-7-8-9-13-19-26-24(27)20-22-17-14-18-23(25(22)26)21-15-11-10-12-16-21/h10-12,14-18H,2-9,13,19-20H2,1H3. The SMILES string of the molecule is CCCCCCCCCCCN1C(=O)Cc2cccc(-c3ccccc3)c21. The van der Waals surface area contributed by atoms with Gasteiger partial charge in [0.2, 0.25) is 5.91 Å². The predicted molar refractivity (Wildman–Crippen MR) is 115 cm³/mol. The Hall–Kier alpha value is -2.09. The second-order valence-electron chi connectivity index (χ2n) is 7.73. The Morgan fingerprint density at radius 2 is 1.44 bits per heavy atom. The third-order valence-corrected chi connectivity index (χ3v) is 5.60. The second-order valence-corrected chi connectivity index (χ2v) is 7.73. The van der Waals surface area contributed by atoms with E-state index in [1.54, 1.807) is 0 Å². The monoisotopic (exact) mass is 363 g/mol. The van der Waals surface area contributed by atoms with Crippen molar-refractivity contribution in [3.05, 3.63) is 54.1 Å². The van der Waals surface area contributed by atoms with Crippen LogP contribution in [-0.2, 0) is 11.2 Å². The number of benzene rings is 2. The normalized spacial score (nSPS) is 13.2. The molecule has 0 atom stereocenters. The van der Waals surface area contributed by atoms with Gasteiger partial charge in [-0.15, -0.1) is 0 Å². The maximum atomic E-state index is 12.6. The third-order valence-electron chi connectivity index (χ3n) is 5.60. The maximum absolute atomic E-state index is 12.6. The van der Waals surface area contributed by atoms with E-state index in [1.165, 1.54) is 68.1 Å². The Morgan fingerprint density at radius 1 is 0.778 bits per heavy atom. The van der Waals surface area contributed by atoms with E-state index in [4.69, 9.17) is 0 Å². The van der Waals surface area contributed by atoms with Crippen LogP contribution in [-0.4, -0.2) is 12.5 Å². The van der Waals surface area contributed by atoms with Gasteiger partial charge in [0.25, 0.3) is 0 Å². The van der Waals surface area contributed by atoms with Gasteiger partial charge in [-0.3, -0.25) is 4.79 Å². The lowest BCUT2D eigenvalue weighted by molar-refractivity contribution is -0.117. The molecule has 1 heterocycles. The summed E-state index contributed by atoms with van der Waals surface area (Å²) in [4.78, 5) is 14.6. The van der Waals surface area contributed by atoms with Gasteiger partial charge < -0.3 is 4.90 Å². The summed E-state index contributed by atoms with van der Waals surface area (Å²) in [6, 6.07) is 16.8. The largest absolute Gasteiger partial charge is 0.311 e. The smallest absolute Gasteiger partial charge is 0.231 e. The van der Waals surface area contributed by atoms with Gasteiger partial charge in [-0.1, -0.05) is 107 Å². The minimum absolute atomic E-state index is 0.257. The summed E-state index contributed by atoms with van der Waals surface area (Å²) >= 11 is 0. The van der Waals surface area contributed by atoms with Crippen LogP contribution >= 0.6 is 0 Å². The first-order chi connectivity index (χ1) is 13.3. The Labute approximate surface area is 164 Å². The molecular formula is C25H33NO. The van der Waals surface area contributed by atoms with E-state index in [0.717, 1.165) is 18.7 Å². The second kappa shape index (κ2) is 10.3. The van der Waals surface area contributed by atoms with Crippen molar-refractivity contribution in [2.45, 2.75) is 71.1 Å². The zero-order chi connectivity index (χ0) is 18.9. The minimum Gasteiger partial charge on any atom is -0.311 e. The molecule has 27 heavy (non-hydrogen) atoms. The van der Waals surface area contributed by atoms with E-state index >= 15 is 0 Å². The molecule has 2 aromatic carbocycles. The van der Waals surface area contributed by atoms with Crippen LogP contribution in [0.4, 0.5) is 5.69 Å². The third kappa shape index (κ3) is 5.22. The van der Waals surface area contributed by atoms with E-state index in [9.17, 15) is 4.79 Å². The number of anilines is 1. The number of rotatable bonds is 11. The van der Waals surface area contributed by atoms with Gasteiger partial charge in [-0.2, -0.15) is 0 Å². The number of amides is 1. The van der Waals surface area contributed by atoms with Crippen molar-refractivity contribution in [2.75, 3.05) is 11.4 Å². The highest BCUT2D eigenvalue weighted by Crippen LogP contribution is 2.38. The van der Waals surface area contributed by atoms with Crippen LogP contribution in [0.2, 0.25) is 0 Å². The van der Waals surface area contributed by atoms with E-state index in [-0.39, 0.29) is 5.91 Å². The van der Waals surface area contributed by atoms with Crippen molar-refractivity contribution in [3.63, 3.8) is 0 Å². The molecule has 1 amide bonds. The van der Waals surface area contributed by atoms with E-state index < -0.39 is 0 Å². The Kier molecular flexibility index (Phi) is 7.50. The number of carbonyl (C=O) groups is 1. The van der Waals surface area contributed by atoms with E-state index in [1.807, 2.05) is 11.0 Å². The highest BCUT2D eigenvalue weighted by Gasteiger charge is 2.29. The van der Waals surface area contributed by atoms with Crippen LogP contribution in [0, 0.1) is 0 Å². The first kappa shape index (κ1) is 19.7. The fraction of sp³-hybridized carbons (Fsp3) is 0.480. The van der Waals surface area contributed by atoms with Crippen LogP contribution in [0.15, 0.2) is 48.5 Å². The summed E-state index contributed by atoms with van der Waals surface area (Å²) in [6.45, 7) is 3.12. The van der Waals surface area contributed by atoms with E-state index in [0.29, 0.717) is 6.42 Å². The fourth-order valence-corrected chi connectivity index (χ4v) is 4.10. The van der Waals surface area contributed by atoms with Gasteiger partial charge in [0, 0.05) is 12.1 Å². The lowest BCUT2D eigenvalue weighted by atomic mass is 10.00. The van der Waals surface area contributed by atoms with E-state index in [2.05, 4.69) is 49.4 Å². The molecular weight excluding hydrogens is 330 g/mol. The lowest BCUT2D eigenvalue weighted by Crippen LogP contribution is -2.28. The summed E-state index contributed by atoms with van der Waals surface area (Å²) < 4.78 is 0. The molecule has 2 nitrogen and oxygen atoms in total. The van der Waals surface area contributed by atoms with Crippen molar-refractivity contribution in [2.24, 2.45) is 0 Å².